The van der Waals surface area contributed by atoms with Gasteiger partial charge in [-0.25, -0.2) is 0 Å². The van der Waals surface area contributed by atoms with Gasteiger partial charge in [0.2, 0.25) is 23.6 Å². The van der Waals surface area contributed by atoms with Crippen molar-refractivity contribution in [3.05, 3.63) is 0 Å². The molecule has 0 aliphatic rings. The zero-order valence-electron chi connectivity index (χ0n) is 28.6. The van der Waals surface area contributed by atoms with Crippen molar-refractivity contribution >= 4 is 70.3 Å². The average Bonchev–Trinajstić information content (AvgIpc) is 2.98. The van der Waals surface area contributed by atoms with Gasteiger partial charge in [-0.3, -0.25) is 49.0 Å². The van der Waals surface area contributed by atoms with E-state index in [-0.39, 0.29) is 55.2 Å². The van der Waals surface area contributed by atoms with Crippen LogP contribution in [-0.4, -0.2) is 82.9 Å². The fourth-order valence-electron chi connectivity index (χ4n) is 5.09. The Kier molecular flexibility index (Phi) is 25.2. The number of carbonyl (C=O) groups is 8. The Bertz CT molecular complexity index is 976. The minimum Gasteiger partial charge on any atom is -0.321 e. The standard InChI is InChI=1S/C33H56N4O8S2/c1-22(38)36-32(44)24(12-7-5-9-16-30(42)28(34)20-46-3)18-26(40)14-11-15-27(41)19-25(33(45)37-23(2)39)13-8-6-10-17-31(43)29(35)21-47-4/h24-25,28-29H,5-21,34-35H2,1-4H3,(H,36,38,44)(H,37,39,45). The highest BCUT2D eigenvalue weighted by molar-refractivity contribution is 7.98. The molecule has 0 aromatic heterocycles. The number of hydrogen-bond donors (Lipinski definition) is 4. The first-order valence-electron chi connectivity index (χ1n) is 16.4. The summed E-state index contributed by atoms with van der Waals surface area (Å²) in [4.78, 5) is 97.7. The van der Waals surface area contributed by atoms with Crippen molar-refractivity contribution in [3.63, 3.8) is 0 Å². The molecule has 4 amide bonds. The lowest BCUT2D eigenvalue weighted by atomic mass is 9.91. The molecular formula is C33H56N4O8S2. The molecule has 14 heteroatoms. The molecule has 4 unspecified atom stereocenters. The van der Waals surface area contributed by atoms with Crippen LogP contribution in [0, 0.1) is 11.8 Å². The topological polar surface area (TPSA) is 213 Å². The van der Waals surface area contributed by atoms with Gasteiger partial charge in [0.1, 0.15) is 23.1 Å². The maximum absolute atomic E-state index is 12.7. The molecule has 4 atom stereocenters. The van der Waals surface area contributed by atoms with E-state index in [2.05, 4.69) is 10.6 Å². The van der Waals surface area contributed by atoms with Crippen LogP contribution >= 0.6 is 23.5 Å². The Morgan fingerprint density at radius 3 is 1.21 bits per heavy atom. The first-order chi connectivity index (χ1) is 22.2. The fourth-order valence-corrected chi connectivity index (χ4v) is 6.18. The predicted molar refractivity (Wildman–Crippen MR) is 187 cm³/mol. The van der Waals surface area contributed by atoms with Gasteiger partial charge in [-0.15, -0.1) is 0 Å². The number of Topliss-reactive ketones (excluding diaryl/α,β-unsaturated/α-hetero) is 4. The summed E-state index contributed by atoms with van der Waals surface area (Å²) in [5.74, 6) is -2.78. The Morgan fingerprint density at radius 2 is 0.894 bits per heavy atom. The van der Waals surface area contributed by atoms with Gasteiger partial charge in [0.25, 0.3) is 0 Å². The van der Waals surface area contributed by atoms with Gasteiger partial charge in [0, 0.05) is 75.7 Å². The van der Waals surface area contributed by atoms with E-state index in [4.69, 9.17) is 11.5 Å². The van der Waals surface area contributed by atoms with Crippen LogP contribution in [0.2, 0.25) is 0 Å². The van der Waals surface area contributed by atoms with Crippen LogP contribution < -0.4 is 22.1 Å². The minimum atomic E-state index is -0.701. The third-order valence-corrected chi connectivity index (χ3v) is 9.06. The number of rotatable bonds is 28. The Labute approximate surface area is 288 Å². The minimum absolute atomic E-state index is 0.00316. The molecule has 0 saturated heterocycles. The van der Waals surface area contributed by atoms with Gasteiger partial charge < -0.3 is 11.5 Å². The summed E-state index contributed by atoms with van der Waals surface area (Å²) >= 11 is 3.02. The van der Waals surface area contributed by atoms with E-state index >= 15 is 0 Å². The Hall–Kier alpha value is -2.42. The summed E-state index contributed by atoms with van der Waals surface area (Å²) in [6.45, 7) is 2.45. The van der Waals surface area contributed by atoms with Crippen molar-refractivity contribution < 1.29 is 38.4 Å². The second-order valence-electron chi connectivity index (χ2n) is 12.1. The largest absolute Gasteiger partial charge is 0.321 e. The molecule has 0 aromatic carbocycles. The van der Waals surface area contributed by atoms with E-state index in [1.54, 1.807) is 0 Å². The highest BCUT2D eigenvalue weighted by Gasteiger charge is 2.25. The average molecular weight is 701 g/mol. The van der Waals surface area contributed by atoms with E-state index in [9.17, 15) is 38.4 Å². The maximum atomic E-state index is 12.7. The quantitative estimate of drug-likeness (QED) is 0.0868. The SMILES string of the molecule is CSCC(N)C(=O)CCCCCC(CC(=O)CCCC(=O)CC(CCCCCC(=O)C(N)CSC)C(=O)NC(C)=O)C(=O)NC(C)=O. The lowest BCUT2D eigenvalue weighted by Gasteiger charge is -2.16. The van der Waals surface area contributed by atoms with Crippen LogP contribution in [0.4, 0.5) is 0 Å². The second-order valence-corrected chi connectivity index (χ2v) is 13.9. The summed E-state index contributed by atoms with van der Waals surface area (Å²) in [5.41, 5.74) is 11.7. The number of nitrogens with one attached hydrogen (secondary N) is 2. The molecule has 0 heterocycles. The molecule has 0 saturated carbocycles. The highest BCUT2D eigenvalue weighted by atomic mass is 32.2. The zero-order chi connectivity index (χ0) is 35.8. The molecule has 0 aromatic rings. The first kappa shape index (κ1) is 44.6. The smallest absolute Gasteiger partial charge is 0.230 e. The van der Waals surface area contributed by atoms with Gasteiger partial charge in [-0.1, -0.05) is 25.7 Å². The Balaban J connectivity index is 4.83. The summed E-state index contributed by atoms with van der Waals surface area (Å²) < 4.78 is 0. The van der Waals surface area contributed by atoms with Crippen molar-refractivity contribution in [2.45, 2.75) is 122 Å². The number of hydrogen-bond acceptors (Lipinski definition) is 12. The second kappa shape index (κ2) is 26.5. The number of nitrogens with two attached hydrogens (primary N) is 2. The van der Waals surface area contributed by atoms with Crippen LogP contribution in [0.1, 0.15) is 110 Å². The molecule has 268 valence electrons. The van der Waals surface area contributed by atoms with Gasteiger partial charge in [0.05, 0.1) is 12.1 Å². The summed E-state index contributed by atoms with van der Waals surface area (Å²) in [6.07, 6.45) is 9.24. The van der Waals surface area contributed by atoms with Crippen LogP contribution in [-0.2, 0) is 38.4 Å². The van der Waals surface area contributed by atoms with Crippen molar-refractivity contribution in [2.24, 2.45) is 23.3 Å². The molecule has 0 radical (unpaired) electrons. The number of amides is 4. The summed E-state index contributed by atoms with van der Waals surface area (Å²) in [6, 6.07) is -0.982. The molecule has 0 fully saturated rings. The van der Waals surface area contributed by atoms with E-state index in [0.29, 0.717) is 75.7 Å². The zero-order valence-corrected chi connectivity index (χ0v) is 30.2. The molecule has 0 rings (SSSR count). The van der Waals surface area contributed by atoms with Crippen LogP contribution in [0.25, 0.3) is 0 Å². The van der Waals surface area contributed by atoms with E-state index < -0.39 is 47.5 Å². The monoisotopic (exact) mass is 700 g/mol. The third-order valence-electron chi connectivity index (χ3n) is 7.67. The fraction of sp³-hybridized carbons (Fsp3) is 0.758. The van der Waals surface area contributed by atoms with Crippen LogP contribution in [0.5, 0.6) is 0 Å². The molecular weight excluding hydrogens is 645 g/mol. The molecule has 6 N–H and O–H groups in total. The summed E-state index contributed by atoms with van der Waals surface area (Å²) in [7, 11) is 0. The lowest BCUT2D eigenvalue weighted by molar-refractivity contribution is -0.135. The predicted octanol–water partition coefficient (Wildman–Crippen LogP) is 3.05. The van der Waals surface area contributed by atoms with Crippen molar-refractivity contribution in [1.29, 1.82) is 0 Å². The van der Waals surface area contributed by atoms with Crippen molar-refractivity contribution in [3.8, 4) is 0 Å². The van der Waals surface area contributed by atoms with Crippen molar-refractivity contribution in [2.75, 3.05) is 24.0 Å². The number of carbonyl (C=O) groups excluding carboxylic acids is 8. The first-order valence-corrected chi connectivity index (χ1v) is 19.2. The highest BCUT2D eigenvalue weighted by Crippen LogP contribution is 2.20. The number of ketones is 4. The van der Waals surface area contributed by atoms with Crippen LogP contribution in [0.15, 0.2) is 0 Å². The number of imide groups is 2. The van der Waals surface area contributed by atoms with E-state index in [1.165, 1.54) is 37.4 Å². The molecule has 0 bridgehead atoms. The summed E-state index contributed by atoms with van der Waals surface area (Å²) in [5, 5.41) is 4.51. The number of thioether (sulfide) groups is 2. The molecule has 12 nitrogen and oxygen atoms in total. The van der Waals surface area contributed by atoms with Gasteiger partial charge in [0.15, 0.2) is 0 Å². The van der Waals surface area contributed by atoms with Gasteiger partial charge >= 0.3 is 0 Å². The molecule has 47 heavy (non-hydrogen) atoms. The maximum Gasteiger partial charge on any atom is 0.230 e. The molecule has 0 aliphatic heterocycles. The third kappa shape index (κ3) is 22.7. The molecule has 0 aliphatic carbocycles. The normalized spacial score (nSPS) is 13.6. The van der Waals surface area contributed by atoms with E-state index in [0.717, 1.165) is 0 Å². The van der Waals surface area contributed by atoms with Gasteiger partial charge in [-0.05, 0) is 44.6 Å². The van der Waals surface area contributed by atoms with Crippen molar-refractivity contribution in [1.82, 2.24) is 10.6 Å². The van der Waals surface area contributed by atoms with E-state index in [1.807, 2.05) is 12.5 Å². The Morgan fingerprint density at radius 1 is 0.532 bits per heavy atom. The lowest BCUT2D eigenvalue weighted by Crippen LogP contribution is -2.35. The molecule has 0 spiro atoms. The van der Waals surface area contributed by atoms with Gasteiger partial charge in [-0.2, -0.15) is 23.5 Å². The van der Waals surface area contributed by atoms with Crippen LogP contribution in [0.3, 0.4) is 0 Å². The number of unbranched alkanes of at least 4 members (excludes halogenated alkanes) is 4.